The van der Waals surface area contributed by atoms with Gasteiger partial charge in [-0.2, -0.15) is 11.8 Å². The molecule has 0 N–H and O–H groups in total. The monoisotopic (exact) mass is 328 g/mol. The number of rotatable bonds is 9. The molecule has 21 heavy (non-hydrogen) atoms. The van der Waals surface area contributed by atoms with Gasteiger partial charge in [-0.05, 0) is 31.4 Å². The van der Waals surface area contributed by atoms with Crippen molar-refractivity contribution >= 4 is 27.1 Å². The summed E-state index contributed by atoms with van der Waals surface area (Å²) >= 11 is 1.96. The molecule has 0 aromatic rings. The van der Waals surface area contributed by atoms with Crippen LogP contribution in [-0.4, -0.2) is 46.4 Å². The number of carbonyl (C=O) groups excluding carboxylic acids is 1. The number of methoxy groups -OCH3 is 2. The summed E-state index contributed by atoms with van der Waals surface area (Å²) in [5, 5.41) is 0.455. The fourth-order valence-corrected chi connectivity index (χ4v) is 5.21. The lowest BCUT2D eigenvalue weighted by Crippen LogP contribution is -2.33. The molecule has 0 aromatic carbocycles. The van der Waals surface area contributed by atoms with Crippen molar-refractivity contribution in [3.63, 3.8) is 0 Å². The van der Waals surface area contributed by atoms with E-state index in [9.17, 15) is 4.79 Å². The van der Waals surface area contributed by atoms with Crippen molar-refractivity contribution in [3.8, 4) is 0 Å². The van der Waals surface area contributed by atoms with Gasteiger partial charge in [-0.15, -0.1) is 0 Å². The molecule has 3 nitrogen and oxygen atoms in total. The van der Waals surface area contributed by atoms with Gasteiger partial charge in [0.2, 0.25) is 0 Å². The lowest BCUT2D eigenvalue weighted by Gasteiger charge is -2.33. The Balaban J connectivity index is 2.29. The summed E-state index contributed by atoms with van der Waals surface area (Å²) in [6.07, 6.45) is 2.95. The van der Waals surface area contributed by atoms with Crippen molar-refractivity contribution in [2.75, 3.05) is 20.0 Å². The van der Waals surface area contributed by atoms with E-state index in [0.29, 0.717) is 32.9 Å². The Hall–Kier alpha value is -0.103. The topological polar surface area (TPSA) is 35.5 Å². The largest absolute Gasteiger partial charge is 0.360 e. The Morgan fingerprint density at radius 1 is 1.48 bits per heavy atom. The highest BCUT2D eigenvalue weighted by Crippen LogP contribution is 2.37. The Morgan fingerprint density at radius 2 is 2.14 bits per heavy atom. The molecular weight excluding hydrogens is 300 g/mol. The smallest absolute Gasteiger partial charge is 0.137 e. The summed E-state index contributed by atoms with van der Waals surface area (Å²) in [5.41, 5.74) is 1.16. The Morgan fingerprint density at radius 3 is 2.71 bits per heavy atom. The number of thioether (sulfide) groups is 1. The van der Waals surface area contributed by atoms with Crippen molar-refractivity contribution in [2.45, 2.75) is 50.3 Å². The van der Waals surface area contributed by atoms with Gasteiger partial charge in [0.15, 0.2) is 0 Å². The van der Waals surface area contributed by atoms with Crippen LogP contribution in [0.4, 0.5) is 0 Å². The predicted molar refractivity (Wildman–Crippen MR) is 90.9 cm³/mol. The van der Waals surface area contributed by atoms with Crippen LogP contribution in [0.2, 0.25) is 6.04 Å². The standard InChI is InChI=1S/C16H28O3SSi/c1-11(2)13-9-14(17)12(3)15(10-13)20-7-6-8-21-16(18-4)19-5/h12-13,15-16H,1,6-10H2,2-5H3. The Kier molecular flexibility index (Phi) is 8.86. The number of ketones is 1. The van der Waals surface area contributed by atoms with Gasteiger partial charge in [0, 0.05) is 31.8 Å². The summed E-state index contributed by atoms with van der Waals surface area (Å²) in [4.78, 5) is 12.1. The van der Waals surface area contributed by atoms with E-state index in [0.717, 1.165) is 30.2 Å². The van der Waals surface area contributed by atoms with Gasteiger partial charge < -0.3 is 9.47 Å². The van der Waals surface area contributed by atoms with Crippen LogP contribution in [-0.2, 0) is 14.3 Å². The summed E-state index contributed by atoms with van der Waals surface area (Å²) in [7, 11) is 4.05. The molecule has 2 radical (unpaired) electrons. The predicted octanol–water partition coefficient (Wildman–Crippen LogP) is 3.37. The van der Waals surface area contributed by atoms with Gasteiger partial charge in [0.25, 0.3) is 0 Å². The minimum absolute atomic E-state index is 0.0574. The van der Waals surface area contributed by atoms with Crippen LogP contribution in [0.15, 0.2) is 12.2 Å². The highest BCUT2D eigenvalue weighted by molar-refractivity contribution is 7.99. The van der Waals surface area contributed by atoms with Gasteiger partial charge >= 0.3 is 0 Å². The highest BCUT2D eigenvalue weighted by Gasteiger charge is 2.34. The molecule has 3 atom stereocenters. The van der Waals surface area contributed by atoms with Crippen molar-refractivity contribution < 1.29 is 14.3 Å². The van der Waals surface area contributed by atoms with Crippen LogP contribution in [0, 0.1) is 11.8 Å². The molecule has 0 bridgehead atoms. The maximum atomic E-state index is 12.1. The fraction of sp³-hybridized carbons (Fsp3) is 0.812. The lowest BCUT2D eigenvalue weighted by molar-refractivity contribution is -0.124. The van der Waals surface area contributed by atoms with E-state index >= 15 is 0 Å². The summed E-state index contributed by atoms with van der Waals surface area (Å²) in [6.45, 7) is 8.17. The van der Waals surface area contributed by atoms with E-state index in [1.165, 1.54) is 0 Å². The first-order valence-electron chi connectivity index (χ1n) is 7.58. The molecule has 120 valence electrons. The maximum absolute atomic E-state index is 12.1. The van der Waals surface area contributed by atoms with E-state index in [4.69, 9.17) is 9.47 Å². The van der Waals surface area contributed by atoms with E-state index in [-0.39, 0.29) is 11.8 Å². The minimum Gasteiger partial charge on any atom is -0.360 e. The minimum atomic E-state index is -0.0574. The third-order valence-corrected chi connectivity index (χ3v) is 7.12. The number of allylic oxidation sites excluding steroid dienone is 1. The molecule has 0 aromatic heterocycles. The van der Waals surface area contributed by atoms with Gasteiger partial charge in [-0.3, -0.25) is 4.79 Å². The number of hydrogen-bond acceptors (Lipinski definition) is 4. The average molecular weight is 329 g/mol. The van der Waals surface area contributed by atoms with Crippen molar-refractivity contribution in [2.24, 2.45) is 11.8 Å². The summed E-state index contributed by atoms with van der Waals surface area (Å²) < 4.78 is 10.4. The third-order valence-electron chi connectivity index (χ3n) is 4.12. The molecule has 0 spiro atoms. The molecule has 5 heteroatoms. The van der Waals surface area contributed by atoms with E-state index in [1.54, 1.807) is 14.2 Å². The first-order valence-corrected chi connectivity index (χ1v) is 9.91. The Bertz CT molecular complexity index is 344. The second kappa shape index (κ2) is 9.82. The molecule has 1 rings (SSSR count). The maximum Gasteiger partial charge on any atom is 0.137 e. The molecular formula is C16H28O3SSi. The summed E-state index contributed by atoms with van der Waals surface area (Å²) in [5.74, 6) is 2.04. The second-order valence-corrected chi connectivity index (χ2v) is 8.49. The van der Waals surface area contributed by atoms with Gasteiger partial charge in [0.1, 0.15) is 21.2 Å². The molecule has 1 fully saturated rings. The molecule has 1 saturated carbocycles. The molecule has 0 saturated heterocycles. The zero-order valence-corrected chi connectivity index (χ0v) is 15.5. The van der Waals surface area contributed by atoms with Crippen LogP contribution in [0.5, 0.6) is 0 Å². The molecule has 1 aliphatic rings. The SMILES string of the molecule is C=C(C)C1CC(=O)C(C)C(SCCC[Si]C(OC)OC)C1. The van der Waals surface area contributed by atoms with E-state index in [1.807, 2.05) is 18.7 Å². The van der Waals surface area contributed by atoms with Crippen molar-refractivity contribution in [3.05, 3.63) is 12.2 Å². The number of ether oxygens (including phenoxy) is 2. The van der Waals surface area contributed by atoms with Crippen molar-refractivity contribution in [1.82, 2.24) is 0 Å². The van der Waals surface area contributed by atoms with Crippen molar-refractivity contribution in [1.29, 1.82) is 0 Å². The average Bonchev–Trinajstić information content (AvgIpc) is 2.46. The van der Waals surface area contributed by atoms with E-state index in [2.05, 4.69) is 13.5 Å². The molecule has 0 aliphatic heterocycles. The van der Waals surface area contributed by atoms with Crippen LogP contribution < -0.4 is 0 Å². The van der Waals surface area contributed by atoms with Gasteiger partial charge in [0.05, 0.1) is 0 Å². The zero-order valence-electron chi connectivity index (χ0n) is 13.7. The molecule has 3 unspecified atom stereocenters. The fourth-order valence-electron chi connectivity index (χ4n) is 2.58. The Labute approximate surface area is 136 Å². The number of Topliss-reactive ketones (excluding diaryl/α,β-unsaturated/α-hetero) is 1. The van der Waals surface area contributed by atoms with Crippen LogP contribution in [0.25, 0.3) is 0 Å². The summed E-state index contributed by atoms with van der Waals surface area (Å²) in [6, 6.07) is 1.12. The van der Waals surface area contributed by atoms with Crippen LogP contribution in [0.3, 0.4) is 0 Å². The van der Waals surface area contributed by atoms with Gasteiger partial charge in [-0.1, -0.05) is 25.1 Å². The number of carbonyl (C=O) groups is 1. The molecule has 0 amide bonds. The molecule has 1 aliphatic carbocycles. The van der Waals surface area contributed by atoms with E-state index < -0.39 is 0 Å². The number of hydrogen-bond donors (Lipinski definition) is 0. The highest BCUT2D eigenvalue weighted by atomic mass is 32.2. The third kappa shape index (κ3) is 6.26. The second-order valence-electron chi connectivity index (χ2n) is 5.76. The first-order chi connectivity index (χ1) is 9.99. The van der Waals surface area contributed by atoms with Crippen LogP contribution >= 0.6 is 11.8 Å². The lowest BCUT2D eigenvalue weighted by atomic mass is 9.79. The van der Waals surface area contributed by atoms with Crippen LogP contribution in [0.1, 0.15) is 33.1 Å². The van der Waals surface area contributed by atoms with Gasteiger partial charge in [-0.25, -0.2) is 0 Å². The quantitative estimate of drug-likeness (QED) is 0.281. The first kappa shape index (κ1) is 18.9. The normalized spacial score (nSPS) is 26.3. The molecule has 0 heterocycles. The zero-order chi connectivity index (χ0) is 15.8.